The first-order valence-electron chi connectivity index (χ1n) is 8.50. The minimum Gasteiger partial charge on any atom is -0.355 e. The number of benzene rings is 3. The van der Waals surface area contributed by atoms with Crippen LogP contribution in [0.5, 0.6) is 0 Å². The third kappa shape index (κ3) is 4.01. The summed E-state index contributed by atoms with van der Waals surface area (Å²) < 4.78 is 12.9. The Morgan fingerprint density at radius 1 is 0.963 bits per heavy atom. The van der Waals surface area contributed by atoms with Gasteiger partial charge < -0.3 is 10.3 Å². The van der Waals surface area contributed by atoms with Crippen LogP contribution in [-0.4, -0.2) is 10.9 Å². The predicted molar refractivity (Wildman–Crippen MR) is 107 cm³/mol. The molecule has 0 aliphatic heterocycles. The molecule has 0 fully saturated rings. The van der Waals surface area contributed by atoms with Gasteiger partial charge in [-0.2, -0.15) is 0 Å². The number of H-pyrrole nitrogens is 1. The molecule has 0 unspecified atom stereocenters. The highest BCUT2D eigenvalue weighted by atomic mass is 35.5. The highest BCUT2D eigenvalue weighted by Gasteiger charge is 2.07. The molecule has 1 amide bonds. The Bertz CT molecular complexity index is 1100. The Morgan fingerprint density at radius 2 is 1.70 bits per heavy atom. The Labute approximate surface area is 160 Å². The van der Waals surface area contributed by atoms with Gasteiger partial charge in [-0.1, -0.05) is 35.9 Å². The van der Waals surface area contributed by atoms with Crippen molar-refractivity contribution in [3.05, 3.63) is 89.2 Å². The van der Waals surface area contributed by atoms with E-state index in [0.717, 1.165) is 27.7 Å². The van der Waals surface area contributed by atoms with Crippen LogP contribution in [0.2, 0.25) is 5.02 Å². The van der Waals surface area contributed by atoms with Crippen molar-refractivity contribution < 1.29 is 9.18 Å². The van der Waals surface area contributed by atoms with E-state index < -0.39 is 0 Å². The molecular formula is C22H16ClFN2O. The molecule has 4 aromatic rings. The van der Waals surface area contributed by atoms with Crippen molar-refractivity contribution in [3.63, 3.8) is 0 Å². The molecule has 5 heteroatoms. The summed E-state index contributed by atoms with van der Waals surface area (Å²) in [6, 6.07) is 21.3. The van der Waals surface area contributed by atoms with Crippen LogP contribution in [-0.2, 0) is 11.2 Å². The first-order valence-corrected chi connectivity index (χ1v) is 8.88. The van der Waals surface area contributed by atoms with Gasteiger partial charge in [0.2, 0.25) is 5.91 Å². The van der Waals surface area contributed by atoms with Crippen molar-refractivity contribution in [2.24, 2.45) is 0 Å². The Kier molecular flexibility index (Phi) is 4.65. The van der Waals surface area contributed by atoms with E-state index in [1.54, 1.807) is 12.1 Å². The van der Waals surface area contributed by atoms with Crippen molar-refractivity contribution in [1.82, 2.24) is 4.98 Å². The molecular weight excluding hydrogens is 363 g/mol. The van der Waals surface area contributed by atoms with Gasteiger partial charge in [-0.15, -0.1) is 0 Å². The molecule has 3 nitrogen and oxygen atoms in total. The van der Waals surface area contributed by atoms with Gasteiger partial charge in [0.15, 0.2) is 0 Å². The maximum atomic E-state index is 12.9. The molecule has 0 saturated heterocycles. The van der Waals surface area contributed by atoms with Crippen molar-refractivity contribution >= 4 is 34.1 Å². The monoisotopic (exact) mass is 378 g/mol. The fourth-order valence-electron chi connectivity index (χ4n) is 2.98. The number of anilines is 1. The van der Waals surface area contributed by atoms with Crippen LogP contribution in [0, 0.1) is 5.82 Å². The second kappa shape index (κ2) is 7.25. The molecule has 0 aliphatic rings. The lowest BCUT2D eigenvalue weighted by atomic mass is 10.1. The van der Waals surface area contributed by atoms with Crippen LogP contribution in [0.15, 0.2) is 72.8 Å². The molecule has 0 aliphatic carbocycles. The summed E-state index contributed by atoms with van der Waals surface area (Å²) in [6.45, 7) is 0. The van der Waals surface area contributed by atoms with E-state index in [2.05, 4.69) is 10.3 Å². The minimum absolute atomic E-state index is 0.144. The lowest BCUT2D eigenvalue weighted by molar-refractivity contribution is -0.115. The number of hydrogen-bond donors (Lipinski definition) is 2. The first-order chi connectivity index (χ1) is 13.1. The normalized spacial score (nSPS) is 10.9. The number of aromatic nitrogens is 1. The molecule has 134 valence electrons. The van der Waals surface area contributed by atoms with E-state index in [9.17, 15) is 9.18 Å². The second-order valence-electron chi connectivity index (χ2n) is 6.34. The minimum atomic E-state index is -0.311. The SMILES string of the molecule is O=C(Cc1ccc(F)cc1)Nc1ccc(-c2cc3cc(Cl)ccc3[nH]2)cc1. The van der Waals surface area contributed by atoms with E-state index in [1.165, 1.54) is 12.1 Å². The predicted octanol–water partition coefficient (Wildman–Crippen LogP) is 5.81. The largest absolute Gasteiger partial charge is 0.355 e. The number of halogens is 2. The molecule has 2 N–H and O–H groups in total. The second-order valence-corrected chi connectivity index (χ2v) is 6.78. The molecule has 0 bridgehead atoms. The summed E-state index contributed by atoms with van der Waals surface area (Å²) in [7, 11) is 0. The van der Waals surface area contributed by atoms with Gasteiger partial charge in [0, 0.05) is 27.3 Å². The molecule has 27 heavy (non-hydrogen) atoms. The first kappa shape index (κ1) is 17.3. The van der Waals surface area contributed by atoms with E-state index in [-0.39, 0.29) is 18.1 Å². The third-order valence-electron chi connectivity index (χ3n) is 4.34. The molecule has 0 radical (unpaired) electrons. The number of carbonyl (C=O) groups excluding carboxylic acids is 1. The average molecular weight is 379 g/mol. The van der Waals surface area contributed by atoms with Gasteiger partial charge in [0.25, 0.3) is 0 Å². The molecule has 0 atom stereocenters. The van der Waals surface area contributed by atoms with E-state index in [0.29, 0.717) is 10.7 Å². The average Bonchev–Trinajstić information content (AvgIpc) is 3.07. The number of fused-ring (bicyclic) bond motifs is 1. The van der Waals surface area contributed by atoms with Crippen LogP contribution in [0.4, 0.5) is 10.1 Å². The third-order valence-corrected chi connectivity index (χ3v) is 4.58. The molecule has 1 aromatic heterocycles. The summed E-state index contributed by atoms with van der Waals surface area (Å²) in [5.74, 6) is -0.455. The lowest BCUT2D eigenvalue weighted by Gasteiger charge is -2.06. The van der Waals surface area contributed by atoms with Crippen molar-refractivity contribution in [1.29, 1.82) is 0 Å². The van der Waals surface area contributed by atoms with Crippen LogP contribution in [0.1, 0.15) is 5.56 Å². The van der Waals surface area contributed by atoms with Gasteiger partial charge in [-0.05, 0) is 59.7 Å². The quantitative estimate of drug-likeness (QED) is 0.462. The van der Waals surface area contributed by atoms with E-state index in [1.807, 2.05) is 48.5 Å². The summed E-state index contributed by atoms with van der Waals surface area (Å²) in [4.78, 5) is 15.5. The van der Waals surface area contributed by atoms with Crippen molar-refractivity contribution in [2.75, 3.05) is 5.32 Å². The van der Waals surface area contributed by atoms with E-state index in [4.69, 9.17) is 11.6 Å². The summed E-state index contributed by atoms with van der Waals surface area (Å²) in [5, 5.41) is 4.61. The van der Waals surface area contributed by atoms with Gasteiger partial charge in [0.05, 0.1) is 6.42 Å². The van der Waals surface area contributed by atoms with Crippen LogP contribution >= 0.6 is 11.6 Å². The highest BCUT2D eigenvalue weighted by Crippen LogP contribution is 2.27. The van der Waals surface area contributed by atoms with Crippen molar-refractivity contribution in [2.45, 2.75) is 6.42 Å². The van der Waals surface area contributed by atoms with Crippen LogP contribution < -0.4 is 5.32 Å². The number of amides is 1. The zero-order valence-corrected chi connectivity index (χ0v) is 15.1. The standard InChI is InChI=1S/C22H16ClFN2O/c23-17-5-10-20-16(12-17)13-21(26-20)15-3-8-19(9-4-15)25-22(27)11-14-1-6-18(24)7-2-14/h1-10,12-13,26H,11H2,(H,25,27). The summed E-state index contributed by atoms with van der Waals surface area (Å²) in [6.07, 6.45) is 0.199. The van der Waals surface area contributed by atoms with Gasteiger partial charge in [-0.3, -0.25) is 4.79 Å². The molecule has 1 heterocycles. The van der Waals surface area contributed by atoms with Crippen molar-refractivity contribution in [3.8, 4) is 11.3 Å². The number of nitrogens with one attached hydrogen (secondary N) is 2. The molecule has 0 saturated carbocycles. The maximum Gasteiger partial charge on any atom is 0.228 e. The number of rotatable bonds is 4. The Hall–Kier alpha value is -3.11. The molecule has 4 rings (SSSR count). The van der Waals surface area contributed by atoms with Crippen LogP contribution in [0.3, 0.4) is 0 Å². The molecule has 0 spiro atoms. The number of aromatic amines is 1. The Morgan fingerprint density at radius 3 is 2.44 bits per heavy atom. The fourth-order valence-corrected chi connectivity index (χ4v) is 3.17. The van der Waals surface area contributed by atoms with Gasteiger partial charge in [-0.25, -0.2) is 4.39 Å². The Balaban J connectivity index is 1.46. The maximum absolute atomic E-state index is 12.9. The molecule has 3 aromatic carbocycles. The zero-order chi connectivity index (χ0) is 18.8. The zero-order valence-electron chi connectivity index (χ0n) is 14.3. The number of hydrogen-bond acceptors (Lipinski definition) is 1. The van der Waals surface area contributed by atoms with Gasteiger partial charge in [0.1, 0.15) is 5.82 Å². The number of carbonyl (C=O) groups is 1. The fraction of sp³-hybridized carbons (Fsp3) is 0.0455. The van der Waals surface area contributed by atoms with Gasteiger partial charge >= 0.3 is 0 Å². The topological polar surface area (TPSA) is 44.9 Å². The summed E-state index contributed by atoms with van der Waals surface area (Å²) >= 11 is 6.04. The highest BCUT2D eigenvalue weighted by molar-refractivity contribution is 6.31. The van der Waals surface area contributed by atoms with Crippen LogP contribution in [0.25, 0.3) is 22.2 Å². The smallest absolute Gasteiger partial charge is 0.228 e. The van der Waals surface area contributed by atoms with E-state index >= 15 is 0 Å². The lowest BCUT2D eigenvalue weighted by Crippen LogP contribution is -2.14. The summed E-state index contributed by atoms with van der Waals surface area (Å²) in [5.41, 5.74) is 4.49.